The molecule has 0 fully saturated rings. The lowest BCUT2D eigenvalue weighted by Gasteiger charge is -2.26. The number of para-hydroxylation sites is 1. The summed E-state index contributed by atoms with van der Waals surface area (Å²) in [4.78, 5) is 2.35. The van der Waals surface area contributed by atoms with Crippen LogP contribution in [0.25, 0.3) is 88.3 Å². The van der Waals surface area contributed by atoms with E-state index in [9.17, 15) is 0 Å². The van der Waals surface area contributed by atoms with Crippen molar-refractivity contribution in [2.24, 2.45) is 0 Å². The van der Waals surface area contributed by atoms with Gasteiger partial charge in [-0.25, -0.2) is 0 Å². The van der Waals surface area contributed by atoms with Gasteiger partial charge in [0.25, 0.3) is 0 Å². The average molecular weight is 780 g/mol. The molecule has 61 heavy (non-hydrogen) atoms. The fraction of sp³-hybridized carbons (Fsp3) is 0.0169. The van der Waals surface area contributed by atoms with Crippen molar-refractivity contribution < 1.29 is 4.42 Å². The minimum atomic E-state index is 0.914. The van der Waals surface area contributed by atoms with E-state index in [4.69, 9.17) is 4.42 Å². The van der Waals surface area contributed by atoms with Crippen LogP contribution in [0.1, 0.15) is 5.56 Å². The summed E-state index contributed by atoms with van der Waals surface area (Å²) < 4.78 is 6.36. The Hall–Kier alpha value is -7.94. The number of hydrogen-bond acceptors (Lipinski definition) is 2. The van der Waals surface area contributed by atoms with Gasteiger partial charge in [0.2, 0.25) is 0 Å². The molecule has 288 valence electrons. The van der Waals surface area contributed by atoms with Gasteiger partial charge in [-0.3, -0.25) is 0 Å². The van der Waals surface area contributed by atoms with Crippen molar-refractivity contribution in [1.29, 1.82) is 0 Å². The normalized spacial score (nSPS) is 11.4. The molecule has 0 radical (unpaired) electrons. The fourth-order valence-corrected chi connectivity index (χ4v) is 9.02. The van der Waals surface area contributed by atoms with Crippen LogP contribution >= 0.6 is 0 Å². The molecule has 1 heterocycles. The van der Waals surface area contributed by atoms with Gasteiger partial charge in [-0.05, 0) is 128 Å². The molecule has 0 bridgehead atoms. The van der Waals surface area contributed by atoms with Crippen LogP contribution in [0.15, 0.2) is 235 Å². The molecule has 0 amide bonds. The molecule has 2 nitrogen and oxygen atoms in total. The molecule has 0 aliphatic rings. The summed E-state index contributed by atoms with van der Waals surface area (Å²) in [5, 5.41) is 6.20. The van der Waals surface area contributed by atoms with E-state index in [1.807, 2.05) is 12.1 Å². The second kappa shape index (κ2) is 15.3. The van der Waals surface area contributed by atoms with E-state index in [1.54, 1.807) is 0 Å². The van der Waals surface area contributed by atoms with Crippen LogP contribution in [0.5, 0.6) is 0 Å². The summed E-state index contributed by atoms with van der Waals surface area (Å²) in [6.45, 7) is 2.14. The molecule has 0 saturated heterocycles. The van der Waals surface area contributed by atoms with E-state index in [-0.39, 0.29) is 0 Å². The van der Waals surface area contributed by atoms with Crippen molar-refractivity contribution in [3.05, 3.63) is 236 Å². The van der Waals surface area contributed by atoms with Gasteiger partial charge in [-0.15, -0.1) is 0 Å². The van der Waals surface area contributed by atoms with Crippen molar-refractivity contribution in [3.63, 3.8) is 0 Å². The molecule has 0 unspecified atom stereocenters. The van der Waals surface area contributed by atoms with E-state index >= 15 is 0 Å². The van der Waals surface area contributed by atoms with Gasteiger partial charge in [0.1, 0.15) is 11.3 Å². The van der Waals surface area contributed by atoms with E-state index in [0.717, 1.165) is 56.0 Å². The minimum Gasteiger partial charge on any atom is -0.456 e. The summed E-state index contributed by atoms with van der Waals surface area (Å²) in [6, 6.07) is 82.9. The molecule has 0 spiro atoms. The van der Waals surface area contributed by atoms with Gasteiger partial charge in [-0.2, -0.15) is 0 Å². The summed E-state index contributed by atoms with van der Waals surface area (Å²) in [7, 11) is 0. The average Bonchev–Trinajstić information content (AvgIpc) is 3.68. The monoisotopic (exact) mass is 779 g/mol. The molecular weight excluding hydrogens is 739 g/mol. The van der Waals surface area contributed by atoms with E-state index < -0.39 is 0 Å². The Morgan fingerprint density at radius 2 is 0.787 bits per heavy atom. The zero-order valence-corrected chi connectivity index (χ0v) is 33.8. The van der Waals surface area contributed by atoms with E-state index in [2.05, 4.69) is 230 Å². The first-order valence-electron chi connectivity index (χ1n) is 20.9. The highest BCUT2D eigenvalue weighted by molar-refractivity contribution is 6.13. The molecule has 0 aliphatic carbocycles. The van der Waals surface area contributed by atoms with Gasteiger partial charge in [0, 0.05) is 33.6 Å². The van der Waals surface area contributed by atoms with Crippen LogP contribution in [0.4, 0.5) is 17.1 Å². The third kappa shape index (κ3) is 6.65. The molecule has 0 saturated carbocycles. The number of furan rings is 1. The van der Waals surface area contributed by atoms with Gasteiger partial charge in [-0.1, -0.05) is 176 Å². The lowest BCUT2D eigenvalue weighted by Crippen LogP contribution is -2.09. The third-order valence-corrected chi connectivity index (χ3v) is 12.1. The Bertz CT molecular complexity index is 3340. The summed E-state index contributed by atoms with van der Waals surface area (Å²) in [6.07, 6.45) is 0. The number of anilines is 3. The Morgan fingerprint density at radius 1 is 0.311 bits per heavy atom. The predicted octanol–water partition coefficient (Wildman–Crippen LogP) is 16.9. The maximum absolute atomic E-state index is 6.36. The number of aryl methyl sites for hydroxylation is 1. The number of fused-ring (bicyclic) bond motifs is 4. The highest BCUT2D eigenvalue weighted by Gasteiger charge is 2.17. The molecule has 11 rings (SSSR count). The summed E-state index contributed by atoms with van der Waals surface area (Å²) in [5.74, 6) is 0.917. The Morgan fingerprint density at radius 3 is 1.44 bits per heavy atom. The highest BCUT2D eigenvalue weighted by Crippen LogP contribution is 2.41. The zero-order valence-electron chi connectivity index (χ0n) is 33.8. The third-order valence-electron chi connectivity index (χ3n) is 12.1. The van der Waals surface area contributed by atoms with Crippen molar-refractivity contribution in [3.8, 4) is 55.8 Å². The van der Waals surface area contributed by atoms with Crippen molar-refractivity contribution >= 4 is 49.6 Å². The van der Waals surface area contributed by atoms with Crippen LogP contribution in [0, 0.1) is 6.92 Å². The number of benzene rings is 10. The minimum absolute atomic E-state index is 0.914. The van der Waals surface area contributed by atoms with Gasteiger partial charge < -0.3 is 9.32 Å². The number of hydrogen-bond donors (Lipinski definition) is 0. The Kier molecular flexibility index (Phi) is 9.09. The lowest BCUT2D eigenvalue weighted by molar-refractivity contribution is 0.629. The number of rotatable bonds is 8. The summed E-state index contributed by atoms with van der Waals surface area (Å²) in [5.41, 5.74) is 15.9. The molecule has 10 aromatic carbocycles. The van der Waals surface area contributed by atoms with Crippen molar-refractivity contribution in [1.82, 2.24) is 0 Å². The van der Waals surface area contributed by atoms with Crippen LogP contribution in [-0.2, 0) is 0 Å². The molecule has 0 atom stereocenters. The smallest absolute Gasteiger partial charge is 0.138 e. The van der Waals surface area contributed by atoms with Crippen LogP contribution in [0.3, 0.4) is 0 Å². The second-order valence-corrected chi connectivity index (χ2v) is 15.7. The standard InChI is InChI=1S/C59H41NO/c1-40-51-19-11-12-25-58(51)61-59(40)47-18-13-17-45(38-47)41-26-32-48(33-27-41)60(49-34-28-43(29-35-49)53-21-8-7-20-52(53)42-14-3-2-4-15-42)50-36-30-44(31-37-50)57-39-46-16-5-6-22-54(46)55-23-9-10-24-56(55)57/h2-39H,1H3. The lowest BCUT2D eigenvalue weighted by atomic mass is 9.93. The Labute approximate surface area is 356 Å². The summed E-state index contributed by atoms with van der Waals surface area (Å²) >= 11 is 0. The first-order chi connectivity index (χ1) is 30.2. The van der Waals surface area contributed by atoms with Crippen molar-refractivity contribution in [2.45, 2.75) is 6.92 Å². The predicted molar refractivity (Wildman–Crippen MR) is 258 cm³/mol. The first-order valence-corrected chi connectivity index (χ1v) is 20.9. The fourth-order valence-electron chi connectivity index (χ4n) is 9.02. The quantitative estimate of drug-likeness (QED) is 0.143. The molecule has 1 aromatic heterocycles. The molecule has 0 N–H and O–H groups in total. The highest BCUT2D eigenvalue weighted by atomic mass is 16.3. The zero-order chi connectivity index (χ0) is 40.7. The van der Waals surface area contributed by atoms with Crippen LogP contribution in [-0.4, -0.2) is 0 Å². The topological polar surface area (TPSA) is 16.4 Å². The second-order valence-electron chi connectivity index (χ2n) is 15.7. The Balaban J connectivity index is 0.981. The van der Waals surface area contributed by atoms with E-state index in [0.29, 0.717) is 0 Å². The number of nitrogens with zero attached hydrogens (tertiary/aromatic N) is 1. The van der Waals surface area contributed by atoms with Crippen molar-refractivity contribution in [2.75, 3.05) is 4.90 Å². The largest absolute Gasteiger partial charge is 0.456 e. The molecule has 0 aliphatic heterocycles. The van der Waals surface area contributed by atoms with Crippen LogP contribution < -0.4 is 4.90 Å². The molecule has 11 aromatic rings. The van der Waals surface area contributed by atoms with Crippen LogP contribution in [0.2, 0.25) is 0 Å². The SMILES string of the molecule is Cc1c(-c2cccc(-c3ccc(N(c4ccc(-c5ccccc5-c5ccccc5)cc4)c4ccc(-c5cc6ccccc6c6ccccc56)cc4)cc3)c2)oc2ccccc12. The van der Waals surface area contributed by atoms with E-state index in [1.165, 1.54) is 54.9 Å². The first kappa shape index (κ1) is 36.2. The maximum atomic E-state index is 6.36. The van der Waals surface area contributed by atoms with Gasteiger partial charge >= 0.3 is 0 Å². The molecular formula is C59H41NO. The maximum Gasteiger partial charge on any atom is 0.138 e. The molecule has 2 heteroatoms. The van der Waals surface area contributed by atoms with Gasteiger partial charge in [0.05, 0.1) is 0 Å². The van der Waals surface area contributed by atoms with Gasteiger partial charge in [0.15, 0.2) is 0 Å².